The molecule has 1 N–H and O–H groups in total. The van der Waals surface area contributed by atoms with Crippen molar-refractivity contribution in [3.8, 4) is 11.3 Å². The molecule has 4 aromatic rings. The molecule has 8 nitrogen and oxygen atoms in total. The largest absolute Gasteiger partial charge is 0.378 e. The van der Waals surface area contributed by atoms with Crippen LogP contribution in [0.5, 0.6) is 0 Å². The van der Waals surface area contributed by atoms with E-state index in [9.17, 15) is 9.59 Å². The van der Waals surface area contributed by atoms with E-state index >= 15 is 0 Å². The van der Waals surface area contributed by atoms with E-state index in [-0.39, 0.29) is 30.7 Å². The van der Waals surface area contributed by atoms with Crippen LogP contribution in [0.4, 0.5) is 11.4 Å². The molecule has 0 saturated heterocycles. The number of amides is 2. The molecule has 0 fully saturated rings. The van der Waals surface area contributed by atoms with Gasteiger partial charge < -0.3 is 15.1 Å². The number of carbonyl (C=O) groups is 2. The number of aromatic nitrogens is 3. The number of aryl methyl sites for hydroxylation is 2. The molecule has 0 aliphatic heterocycles. The highest BCUT2D eigenvalue weighted by Gasteiger charge is 2.20. The summed E-state index contributed by atoms with van der Waals surface area (Å²) in [6.45, 7) is 3.94. The number of nitrogens with one attached hydrogen (secondary N) is 1. The van der Waals surface area contributed by atoms with Gasteiger partial charge in [0.15, 0.2) is 5.16 Å². The van der Waals surface area contributed by atoms with Crippen molar-refractivity contribution in [2.75, 3.05) is 36.6 Å². The van der Waals surface area contributed by atoms with Crippen LogP contribution in [-0.2, 0) is 16.1 Å². The summed E-state index contributed by atoms with van der Waals surface area (Å²) in [7, 11) is 3.92. The number of carbonyl (C=O) groups excluding carboxylic acids is 2. The average molecular weight is 547 g/mol. The Morgan fingerprint density at radius 3 is 2.29 bits per heavy atom. The minimum Gasteiger partial charge on any atom is -0.378 e. The highest BCUT2D eigenvalue weighted by atomic mass is 32.2. The summed E-state index contributed by atoms with van der Waals surface area (Å²) in [6, 6.07) is 19.3. The van der Waals surface area contributed by atoms with Crippen molar-refractivity contribution in [1.82, 2.24) is 19.9 Å². The third-order valence-corrected chi connectivity index (χ3v) is 7.25. The van der Waals surface area contributed by atoms with E-state index in [1.165, 1.54) is 28.0 Å². The average Bonchev–Trinajstić information content (AvgIpc) is 3.36. The first-order valence-electron chi connectivity index (χ1n) is 12.1. The summed E-state index contributed by atoms with van der Waals surface area (Å²) in [6.07, 6.45) is 0. The second-order valence-electron chi connectivity index (χ2n) is 8.95. The first kappa shape index (κ1) is 27.3. The van der Waals surface area contributed by atoms with Crippen molar-refractivity contribution in [2.24, 2.45) is 0 Å². The zero-order valence-electron chi connectivity index (χ0n) is 21.8. The van der Waals surface area contributed by atoms with Crippen molar-refractivity contribution in [3.63, 3.8) is 0 Å². The summed E-state index contributed by atoms with van der Waals surface area (Å²) in [5, 5.41) is 6.17. The van der Waals surface area contributed by atoms with E-state index in [0.29, 0.717) is 10.8 Å². The molecule has 0 spiro atoms. The van der Waals surface area contributed by atoms with Gasteiger partial charge in [-0.3, -0.25) is 9.59 Å². The minimum atomic E-state index is -0.275. The molecule has 0 atom stereocenters. The Kier molecular flexibility index (Phi) is 9.09. The molecule has 2 aromatic heterocycles. The van der Waals surface area contributed by atoms with Crippen molar-refractivity contribution >= 4 is 46.3 Å². The van der Waals surface area contributed by atoms with Crippen LogP contribution in [0.3, 0.4) is 0 Å². The maximum absolute atomic E-state index is 13.3. The van der Waals surface area contributed by atoms with Crippen LogP contribution in [0, 0.1) is 13.8 Å². The van der Waals surface area contributed by atoms with Gasteiger partial charge >= 0.3 is 0 Å². The highest BCUT2D eigenvalue weighted by molar-refractivity contribution is 7.99. The molecule has 2 heterocycles. The zero-order chi connectivity index (χ0) is 27.1. The fourth-order valence-corrected chi connectivity index (χ4v) is 5.38. The first-order valence-corrected chi connectivity index (χ1v) is 13.9. The lowest BCUT2D eigenvalue weighted by molar-refractivity contribution is -0.132. The van der Waals surface area contributed by atoms with Crippen LogP contribution in [-0.4, -0.2) is 58.1 Å². The minimum absolute atomic E-state index is 0.0945. The van der Waals surface area contributed by atoms with E-state index in [4.69, 9.17) is 4.98 Å². The van der Waals surface area contributed by atoms with Gasteiger partial charge in [-0.05, 0) is 44.2 Å². The van der Waals surface area contributed by atoms with E-state index in [1.807, 2.05) is 98.9 Å². The van der Waals surface area contributed by atoms with Crippen LogP contribution < -0.4 is 10.2 Å². The second-order valence-corrected chi connectivity index (χ2v) is 10.8. The zero-order valence-corrected chi connectivity index (χ0v) is 23.5. The van der Waals surface area contributed by atoms with E-state index in [2.05, 4.69) is 15.3 Å². The molecule has 2 aromatic carbocycles. The summed E-state index contributed by atoms with van der Waals surface area (Å²) in [5.41, 5.74) is 5.26. The number of hydrogen-bond acceptors (Lipinski definition) is 8. The normalized spacial score (nSPS) is 10.7. The quantitative estimate of drug-likeness (QED) is 0.220. The number of thioether (sulfide) groups is 1. The standard InChI is InChI=1S/C28H30N6O2S2/c1-19-14-20(2)30-28(29-19)38-18-27(36)34(15-25(35)31-22-10-12-23(13-11-22)33(3)4)16-26-32-24(17-37-26)21-8-6-5-7-9-21/h5-14,17H,15-16,18H2,1-4H3,(H,31,35). The Bertz CT molecular complexity index is 1370. The summed E-state index contributed by atoms with van der Waals surface area (Å²) in [5.74, 6) is -0.347. The van der Waals surface area contributed by atoms with Gasteiger partial charge in [-0.15, -0.1) is 11.3 Å². The Morgan fingerprint density at radius 1 is 0.947 bits per heavy atom. The molecule has 0 aliphatic rings. The summed E-state index contributed by atoms with van der Waals surface area (Å²) < 4.78 is 0. The third-order valence-electron chi connectivity index (χ3n) is 5.59. The SMILES string of the molecule is Cc1cc(C)nc(SCC(=O)N(CC(=O)Nc2ccc(N(C)C)cc2)Cc2nc(-c3ccccc3)cs2)n1. The predicted octanol–water partition coefficient (Wildman–Crippen LogP) is 5.04. The van der Waals surface area contributed by atoms with Gasteiger partial charge in [0, 0.05) is 47.8 Å². The van der Waals surface area contributed by atoms with E-state index < -0.39 is 0 Å². The van der Waals surface area contributed by atoms with Crippen LogP contribution in [0.25, 0.3) is 11.3 Å². The monoisotopic (exact) mass is 546 g/mol. The molecule has 0 bridgehead atoms. The molecule has 38 heavy (non-hydrogen) atoms. The summed E-state index contributed by atoms with van der Waals surface area (Å²) >= 11 is 2.74. The Hall–Kier alpha value is -3.76. The summed E-state index contributed by atoms with van der Waals surface area (Å²) in [4.78, 5) is 43.3. The molecule has 0 unspecified atom stereocenters. The molecule has 0 aliphatic carbocycles. The van der Waals surface area contributed by atoms with Gasteiger partial charge in [0.05, 0.1) is 18.0 Å². The molecule has 0 radical (unpaired) electrons. The first-order chi connectivity index (χ1) is 18.3. The van der Waals surface area contributed by atoms with Crippen LogP contribution in [0.1, 0.15) is 16.4 Å². The number of rotatable bonds is 10. The molecule has 2 amide bonds. The molecule has 0 saturated carbocycles. The van der Waals surface area contributed by atoms with E-state index in [0.717, 1.165) is 33.3 Å². The van der Waals surface area contributed by atoms with Gasteiger partial charge in [0.1, 0.15) is 11.6 Å². The third kappa shape index (κ3) is 7.62. The maximum Gasteiger partial charge on any atom is 0.244 e. The second kappa shape index (κ2) is 12.7. The number of anilines is 2. The van der Waals surface area contributed by atoms with Gasteiger partial charge in [-0.1, -0.05) is 42.1 Å². The molecule has 196 valence electrons. The van der Waals surface area contributed by atoms with Gasteiger partial charge in [-0.2, -0.15) is 0 Å². The van der Waals surface area contributed by atoms with Crippen molar-refractivity contribution in [2.45, 2.75) is 25.5 Å². The number of hydrogen-bond donors (Lipinski definition) is 1. The molecule has 4 rings (SSSR count). The fourth-order valence-electron chi connectivity index (χ4n) is 3.71. The van der Waals surface area contributed by atoms with Gasteiger partial charge in [0.25, 0.3) is 0 Å². The molecular formula is C28H30N6O2S2. The van der Waals surface area contributed by atoms with Crippen LogP contribution >= 0.6 is 23.1 Å². The lowest BCUT2D eigenvalue weighted by Gasteiger charge is -2.21. The predicted molar refractivity (Wildman–Crippen MR) is 155 cm³/mol. The highest BCUT2D eigenvalue weighted by Crippen LogP contribution is 2.23. The lowest BCUT2D eigenvalue weighted by Crippen LogP contribution is -2.38. The van der Waals surface area contributed by atoms with Crippen molar-refractivity contribution in [1.29, 1.82) is 0 Å². The number of benzene rings is 2. The smallest absolute Gasteiger partial charge is 0.244 e. The van der Waals surface area contributed by atoms with E-state index in [1.54, 1.807) is 0 Å². The van der Waals surface area contributed by atoms with Crippen molar-refractivity contribution < 1.29 is 9.59 Å². The fraction of sp³-hybridized carbons (Fsp3) is 0.250. The Labute approximate surface area is 231 Å². The lowest BCUT2D eigenvalue weighted by atomic mass is 10.2. The van der Waals surface area contributed by atoms with Crippen molar-refractivity contribution in [3.05, 3.63) is 82.4 Å². The van der Waals surface area contributed by atoms with Gasteiger partial charge in [0.2, 0.25) is 11.8 Å². The van der Waals surface area contributed by atoms with Crippen LogP contribution in [0.2, 0.25) is 0 Å². The number of thiazole rings is 1. The Balaban J connectivity index is 1.47. The molecular weight excluding hydrogens is 516 g/mol. The topological polar surface area (TPSA) is 91.3 Å². The maximum atomic E-state index is 13.3. The Morgan fingerprint density at radius 2 is 1.63 bits per heavy atom. The molecule has 10 heteroatoms. The number of nitrogens with zero attached hydrogens (tertiary/aromatic N) is 5. The van der Waals surface area contributed by atoms with Gasteiger partial charge in [-0.25, -0.2) is 15.0 Å². The van der Waals surface area contributed by atoms with Crippen LogP contribution in [0.15, 0.2) is 71.2 Å².